The van der Waals surface area contributed by atoms with Crippen LogP contribution in [0.5, 0.6) is 0 Å². The fourth-order valence-corrected chi connectivity index (χ4v) is 4.55. The summed E-state index contributed by atoms with van der Waals surface area (Å²) >= 11 is 5.28. The second-order valence-corrected chi connectivity index (χ2v) is 7.80. The van der Waals surface area contributed by atoms with Gasteiger partial charge in [0.05, 0.1) is 9.39 Å². The van der Waals surface area contributed by atoms with Gasteiger partial charge in [-0.05, 0) is 66.1 Å². The van der Waals surface area contributed by atoms with Crippen LogP contribution in [0.15, 0.2) is 15.9 Å². The summed E-state index contributed by atoms with van der Waals surface area (Å²) in [5.74, 6) is 0.592. The SMILES string of the molecule is NC(c1ccc(Br)s1)C1CCOC2(CCC2)C1. The third-order valence-corrected chi connectivity index (χ3v) is 5.95. The van der Waals surface area contributed by atoms with Gasteiger partial charge in [0.25, 0.3) is 0 Å². The molecule has 2 unspecified atom stereocenters. The molecular formula is C13H18BrNOS. The third-order valence-electron chi connectivity index (χ3n) is 4.23. The lowest BCUT2D eigenvalue weighted by molar-refractivity contribution is -0.146. The molecule has 2 nitrogen and oxygen atoms in total. The molecule has 1 aromatic rings. The Hall–Kier alpha value is 0.1000. The van der Waals surface area contributed by atoms with Gasteiger partial charge >= 0.3 is 0 Å². The van der Waals surface area contributed by atoms with E-state index < -0.39 is 0 Å². The molecule has 0 bridgehead atoms. The van der Waals surface area contributed by atoms with Gasteiger partial charge in [-0.2, -0.15) is 0 Å². The Kier molecular flexibility index (Phi) is 3.32. The molecule has 94 valence electrons. The van der Waals surface area contributed by atoms with E-state index in [0.717, 1.165) is 19.4 Å². The van der Waals surface area contributed by atoms with Gasteiger partial charge in [-0.25, -0.2) is 0 Å². The minimum atomic E-state index is 0.188. The Morgan fingerprint density at radius 1 is 1.47 bits per heavy atom. The Morgan fingerprint density at radius 3 is 2.88 bits per heavy atom. The highest BCUT2D eigenvalue weighted by molar-refractivity contribution is 9.11. The van der Waals surface area contributed by atoms with Crippen molar-refractivity contribution in [3.05, 3.63) is 20.8 Å². The van der Waals surface area contributed by atoms with Crippen molar-refractivity contribution >= 4 is 27.3 Å². The van der Waals surface area contributed by atoms with E-state index in [-0.39, 0.29) is 11.6 Å². The number of hydrogen-bond acceptors (Lipinski definition) is 3. The molecule has 0 radical (unpaired) electrons. The lowest BCUT2D eigenvalue weighted by Crippen LogP contribution is -2.47. The van der Waals surface area contributed by atoms with Crippen LogP contribution < -0.4 is 5.73 Å². The van der Waals surface area contributed by atoms with E-state index in [1.54, 1.807) is 11.3 Å². The van der Waals surface area contributed by atoms with Crippen molar-refractivity contribution in [2.75, 3.05) is 6.61 Å². The van der Waals surface area contributed by atoms with Gasteiger partial charge in [0, 0.05) is 17.5 Å². The maximum absolute atomic E-state index is 6.42. The highest BCUT2D eigenvalue weighted by atomic mass is 79.9. The first-order chi connectivity index (χ1) is 8.19. The zero-order chi connectivity index (χ0) is 11.9. The molecule has 1 aromatic heterocycles. The summed E-state index contributed by atoms with van der Waals surface area (Å²) in [5.41, 5.74) is 6.62. The van der Waals surface area contributed by atoms with Crippen molar-refractivity contribution in [1.29, 1.82) is 0 Å². The van der Waals surface area contributed by atoms with Crippen LogP contribution in [-0.2, 0) is 4.74 Å². The largest absolute Gasteiger partial charge is 0.375 e. The average molecular weight is 316 g/mol. The highest BCUT2D eigenvalue weighted by Gasteiger charge is 2.44. The first-order valence-corrected chi connectivity index (χ1v) is 7.94. The fourth-order valence-electron chi connectivity index (χ4n) is 3.03. The summed E-state index contributed by atoms with van der Waals surface area (Å²) in [5, 5.41) is 0. The lowest BCUT2D eigenvalue weighted by atomic mass is 9.70. The molecule has 1 aliphatic carbocycles. The summed E-state index contributed by atoms with van der Waals surface area (Å²) in [4.78, 5) is 1.30. The van der Waals surface area contributed by atoms with Crippen LogP contribution >= 0.6 is 27.3 Å². The number of ether oxygens (including phenoxy) is 1. The molecule has 1 saturated carbocycles. The number of halogens is 1. The maximum atomic E-state index is 6.42. The third kappa shape index (κ3) is 2.33. The van der Waals surface area contributed by atoms with Crippen LogP contribution in [0.25, 0.3) is 0 Å². The Labute approximate surface area is 115 Å². The second-order valence-electron chi connectivity index (χ2n) is 5.31. The van der Waals surface area contributed by atoms with Crippen molar-refractivity contribution in [3.63, 3.8) is 0 Å². The average Bonchev–Trinajstić information content (AvgIpc) is 2.73. The molecular weight excluding hydrogens is 298 g/mol. The minimum absolute atomic E-state index is 0.188. The van der Waals surface area contributed by atoms with Crippen LogP contribution in [-0.4, -0.2) is 12.2 Å². The van der Waals surface area contributed by atoms with Crippen molar-refractivity contribution in [2.24, 2.45) is 11.7 Å². The molecule has 4 heteroatoms. The summed E-state index contributed by atoms with van der Waals surface area (Å²) in [7, 11) is 0. The molecule has 2 fully saturated rings. The Morgan fingerprint density at radius 2 is 2.29 bits per heavy atom. The molecule has 0 aromatic carbocycles. The normalized spacial score (nSPS) is 28.9. The molecule has 2 aliphatic rings. The molecule has 3 rings (SSSR count). The summed E-state index contributed by atoms with van der Waals surface area (Å²) < 4.78 is 7.14. The molecule has 1 aliphatic heterocycles. The van der Waals surface area contributed by atoms with Crippen molar-refractivity contribution in [1.82, 2.24) is 0 Å². The van der Waals surface area contributed by atoms with Crippen LogP contribution in [0.2, 0.25) is 0 Å². The molecule has 17 heavy (non-hydrogen) atoms. The first-order valence-electron chi connectivity index (χ1n) is 6.33. The summed E-state index contributed by atoms with van der Waals surface area (Å²) in [6.07, 6.45) is 6.07. The van der Waals surface area contributed by atoms with E-state index in [1.807, 2.05) is 0 Å². The van der Waals surface area contributed by atoms with Gasteiger partial charge in [0.2, 0.25) is 0 Å². The van der Waals surface area contributed by atoms with E-state index in [1.165, 1.54) is 27.9 Å². The van der Waals surface area contributed by atoms with Crippen LogP contribution in [0.3, 0.4) is 0 Å². The Balaban J connectivity index is 1.71. The van der Waals surface area contributed by atoms with Gasteiger partial charge in [-0.3, -0.25) is 0 Å². The highest BCUT2D eigenvalue weighted by Crippen LogP contribution is 2.47. The molecule has 1 saturated heterocycles. The van der Waals surface area contributed by atoms with Crippen molar-refractivity contribution in [3.8, 4) is 0 Å². The van der Waals surface area contributed by atoms with Gasteiger partial charge in [-0.15, -0.1) is 11.3 Å². The van der Waals surface area contributed by atoms with E-state index >= 15 is 0 Å². The zero-order valence-corrected chi connectivity index (χ0v) is 12.2. The molecule has 1 spiro atoms. The number of hydrogen-bond donors (Lipinski definition) is 1. The lowest BCUT2D eigenvalue weighted by Gasteiger charge is -2.48. The molecule has 2 heterocycles. The van der Waals surface area contributed by atoms with Gasteiger partial charge in [-0.1, -0.05) is 0 Å². The quantitative estimate of drug-likeness (QED) is 0.899. The van der Waals surface area contributed by atoms with Crippen LogP contribution in [0.1, 0.15) is 43.0 Å². The predicted octanol–water partition coefficient (Wildman–Crippen LogP) is 3.86. The number of rotatable bonds is 2. The van der Waals surface area contributed by atoms with E-state index in [2.05, 4.69) is 28.1 Å². The summed E-state index contributed by atoms with van der Waals surface area (Å²) in [6.45, 7) is 0.894. The minimum Gasteiger partial charge on any atom is -0.375 e. The predicted molar refractivity (Wildman–Crippen MR) is 74.2 cm³/mol. The number of thiophene rings is 1. The topological polar surface area (TPSA) is 35.2 Å². The molecule has 2 N–H and O–H groups in total. The Bertz CT molecular complexity index is 402. The van der Waals surface area contributed by atoms with E-state index in [0.29, 0.717) is 5.92 Å². The van der Waals surface area contributed by atoms with Gasteiger partial charge in [0.15, 0.2) is 0 Å². The zero-order valence-electron chi connectivity index (χ0n) is 9.82. The van der Waals surface area contributed by atoms with Crippen LogP contribution in [0.4, 0.5) is 0 Å². The summed E-state index contributed by atoms with van der Waals surface area (Å²) in [6, 6.07) is 4.44. The van der Waals surface area contributed by atoms with Crippen molar-refractivity contribution < 1.29 is 4.74 Å². The van der Waals surface area contributed by atoms with E-state index in [4.69, 9.17) is 10.5 Å². The second kappa shape index (κ2) is 4.65. The van der Waals surface area contributed by atoms with Gasteiger partial charge in [0.1, 0.15) is 0 Å². The standard InChI is InChI=1S/C13H18BrNOS/c14-11-3-2-10(17-11)12(15)9-4-7-16-13(8-9)5-1-6-13/h2-3,9,12H,1,4-8,15H2. The monoisotopic (exact) mass is 315 g/mol. The van der Waals surface area contributed by atoms with Crippen LogP contribution in [0, 0.1) is 5.92 Å². The van der Waals surface area contributed by atoms with E-state index in [9.17, 15) is 0 Å². The number of nitrogens with two attached hydrogens (primary N) is 1. The molecule has 0 amide bonds. The fraction of sp³-hybridized carbons (Fsp3) is 0.692. The van der Waals surface area contributed by atoms with Crippen molar-refractivity contribution in [2.45, 2.75) is 43.7 Å². The first kappa shape index (κ1) is 12.2. The smallest absolute Gasteiger partial charge is 0.0701 e. The van der Waals surface area contributed by atoms with Gasteiger partial charge < -0.3 is 10.5 Å². The molecule has 2 atom stereocenters. The maximum Gasteiger partial charge on any atom is 0.0701 e.